The summed E-state index contributed by atoms with van der Waals surface area (Å²) < 4.78 is 31.9. The number of halogens is 2. The highest BCUT2D eigenvalue weighted by Gasteiger charge is 2.24. The largest absolute Gasteiger partial charge is 0.469 e. The zero-order valence-corrected chi connectivity index (χ0v) is 13.9. The van der Waals surface area contributed by atoms with Crippen molar-refractivity contribution in [1.82, 2.24) is 4.90 Å². The molecule has 0 bridgehead atoms. The van der Waals surface area contributed by atoms with Crippen LogP contribution in [-0.4, -0.2) is 37.0 Å². The van der Waals surface area contributed by atoms with Crippen LogP contribution in [0.3, 0.4) is 0 Å². The summed E-state index contributed by atoms with van der Waals surface area (Å²) in [5, 5.41) is 0. The summed E-state index contributed by atoms with van der Waals surface area (Å²) in [6, 6.07) is 3.89. The van der Waals surface area contributed by atoms with Gasteiger partial charge >= 0.3 is 5.97 Å². The number of esters is 1. The Morgan fingerprint density at radius 3 is 2.62 bits per heavy atom. The Kier molecular flexibility index (Phi) is 6.70. The van der Waals surface area contributed by atoms with Gasteiger partial charge in [0.15, 0.2) is 0 Å². The van der Waals surface area contributed by atoms with Gasteiger partial charge in [-0.2, -0.15) is 0 Å². The van der Waals surface area contributed by atoms with Gasteiger partial charge in [0.05, 0.1) is 13.5 Å². The highest BCUT2D eigenvalue weighted by molar-refractivity contribution is 5.81. The molecule has 24 heavy (non-hydrogen) atoms. The molecule has 1 fully saturated rings. The van der Waals surface area contributed by atoms with Crippen LogP contribution in [0, 0.1) is 17.6 Å². The van der Waals surface area contributed by atoms with Crippen molar-refractivity contribution in [2.75, 3.05) is 20.2 Å². The molecule has 0 saturated carbocycles. The van der Waals surface area contributed by atoms with Crippen LogP contribution in [0.15, 0.2) is 18.2 Å². The highest BCUT2D eigenvalue weighted by atomic mass is 19.1. The maximum absolute atomic E-state index is 13.7. The number of nitrogens with zero attached hydrogens (tertiary/aromatic N) is 1. The average molecular weight is 339 g/mol. The first-order valence-electron chi connectivity index (χ1n) is 8.28. The van der Waals surface area contributed by atoms with E-state index in [0.717, 1.165) is 12.8 Å². The van der Waals surface area contributed by atoms with E-state index in [0.29, 0.717) is 25.9 Å². The number of carbonyl (C=O) groups is 2. The number of ether oxygens (including phenoxy) is 1. The third-order valence-electron chi connectivity index (χ3n) is 4.51. The quantitative estimate of drug-likeness (QED) is 0.748. The molecule has 0 aromatic heterocycles. The molecular formula is C18H23F2NO3. The molecule has 6 heteroatoms. The van der Waals surface area contributed by atoms with Crippen LogP contribution in [0.1, 0.15) is 37.7 Å². The fraction of sp³-hybridized carbons (Fsp3) is 0.556. The highest BCUT2D eigenvalue weighted by Crippen LogP contribution is 2.24. The Balaban J connectivity index is 1.84. The number of hydrogen-bond acceptors (Lipinski definition) is 3. The standard InChI is InChI=1S/C18H23F2NO3/c1-24-18(23)10-9-17(22)21-11-3-4-13(12-21)7-8-14-15(19)5-2-6-16(14)20/h2,5-6,13H,3-4,7-12H2,1H3. The van der Waals surface area contributed by atoms with Gasteiger partial charge in [-0.1, -0.05) is 6.07 Å². The van der Waals surface area contributed by atoms with Crippen LogP contribution in [0.5, 0.6) is 0 Å². The van der Waals surface area contributed by atoms with E-state index in [4.69, 9.17) is 0 Å². The Labute approximate surface area is 140 Å². The van der Waals surface area contributed by atoms with Crippen molar-refractivity contribution in [3.05, 3.63) is 35.4 Å². The molecule has 132 valence electrons. The first kappa shape index (κ1) is 18.4. The molecule has 1 unspecified atom stereocenters. The second-order valence-electron chi connectivity index (χ2n) is 6.16. The van der Waals surface area contributed by atoms with Crippen LogP contribution >= 0.6 is 0 Å². The summed E-state index contributed by atoms with van der Waals surface area (Å²) in [4.78, 5) is 25.0. The van der Waals surface area contributed by atoms with Crippen molar-refractivity contribution in [3.8, 4) is 0 Å². The molecular weight excluding hydrogens is 316 g/mol. The van der Waals surface area contributed by atoms with E-state index in [2.05, 4.69) is 4.74 Å². The molecule has 1 aromatic carbocycles. The molecule has 1 aliphatic heterocycles. The van der Waals surface area contributed by atoms with E-state index in [1.807, 2.05) is 0 Å². The summed E-state index contributed by atoms with van der Waals surface area (Å²) in [5.74, 6) is -1.28. The lowest BCUT2D eigenvalue weighted by atomic mass is 9.91. The number of carbonyl (C=O) groups excluding carboxylic acids is 2. The van der Waals surface area contributed by atoms with Crippen LogP contribution in [0.4, 0.5) is 8.78 Å². The SMILES string of the molecule is COC(=O)CCC(=O)N1CCCC(CCc2c(F)cccc2F)C1. The summed E-state index contributed by atoms with van der Waals surface area (Å²) >= 11 is 0. The topological polar surface area (TPSA) is 46.6 Å². The lowest BCUT2D eigenvalue weighted by Crippen LogP contribution is -2.40. The molecule has 0 aliphatic carbocycles. The van der Waals surface area contributed by atoms with E-state index < -0.39 is 17.6 Å². The molecule has 1 aromatic rings. The first-order valence-corrected chi connectivity index (χ1v) is 8.28. The van der Waals surface area contributed by atoms with Gasteiger partial charge in [0.1, 0.15) is 11.6 Å². The predicted octanol–water partition coefficient (Wildman–Crippen LogP) is 3.09. The molecule has 1 amide bonds. The van der Waals surface area contributed by atoms with Gasteiger partial charge in [0, 0.05) is 25.1 Å². The molecule has 4 nitrogen and oxygen atoms in total. The lowest BCUT2D eigenvalue weighted by Gasteiger charge is -2.33. The number of amides is 1. The van der Waals surface area contributed by atoms with Crippen molar-refractivity contribution in [1.29, 1.82) is 0 Å². The normalized spacial score (nSPS) is 17.6. The molecule has 0 N–H and O–H groups in total. The Bertz CT molecular complexity index is 571. The average Bonchev–Trinajstić information content (AvgIpc) is 2.59. The van der Waals surface area contributed by atoms with Gasteiger partial charge in [-0.25, -0.2) is 8.78 Å². The zero-order valence-electron chi connectivity index (χ0n) is 13.9. The van der Waals surface area contributed by atoms with E-state index >= 15 is 0 Å². The number of piperidine rings is 1. The van der Waals surface area contributed by atoms with E-state index in [1.165, 1.54) is 25.3 Å². The van der Waals surface area contributed by atoms with E-state index in [9.17, 15) is 18.4 Å². The van der Waals surface area contributed by atoms with Gasteiger partial charge in [-0.05, 0) is 43.7 Å². The number of benzene rings is 1. The minimum atomic E-state index is -0.517. The van der Waals surface area contributed by atoms with Crippen LogP contribution < -0.4 is 0 Å². The van der Waals surface area contributed by atoms with Gasteiger partial charge < -0.3 is 9.64 Å². The molecule has 2 rings (SSSR count). The minimum Gasteiger partial charge on any atom is -0.469 e. The summed E-state index contributed by atoms with van der Waals surface area (Å²) in [6.07, 6.45) is 3.00. The summed E-state index contributed by atoms with van der Waals surface area (Å²) in [5.41, 5.74) is 0.117. The van der Waals surface area contributed by atoms with Crippen LogP contribution in [0.2, 0.25) is 0 Å². The maximum Gasteiger partial charge on any atom is 0.306 e. The monoisotopic (exact) mass is 339 g/mol. The number of likely N-dealkylation sites (tertiary alicyclic amines) is 1. The zero-order chi connectivity index (χ0) is 17.5. The van der Waals surface area contributed by atoms with Gasteiger partial charge in [0.25, 0.3) is 0 Å². The second-order valence-corrected chi connectivity index (χ2v) is 6.16. The van der Waals surface area contributed by atoms with Crippen LogP contribution in [-0.2, 0) is 20.7 Å². The number of rotatable bonds is 6. The fourth-order valence-electron chi connectivity index (χ4n) is 3.12. The van der Waals surface area contributed by atoms with E-state index in [1.54, 1.807) is 4.90 Å². The number of methoxy groups -OCH3 is 1. The number of hydrogen-bond donors (Lipinski definition) is 0. The minimum absolute atomic E-state index is 0.0674. The lowest BCUT2D eigenvalue weighted by molar-refractivity contribution is -0.144. The molecule has 1 atom stereocenters. The van der Waals surface area contributed by atoms with Gasteiger partial charge in [0.2, 0.25) is 5.91 Å². The van der Waals surface area contributed by atoms with E-state index in [-0.39, 0.29) is 30.2 Å². The summed E-state index contributed by atoms with van der Waals surface area (Å²) in [7, 11) is 1.30. The Morgan fingerprint density at radius 2 is 1.96 bits per heavy atom. The molecule has 0 spiro atoms. The molecule has 1 heterocycles. The molecule has 1 aliphatic rings. The molecule has 0 radical (unpaired) electrons. The molecule has 1 saturated heterocycles. The third kappa shape index (κ3) is 5.01. The third-order valence-corrected chi connectivity index (χ3v) is 4.51. The first-order chi connectivity index (χ1) is 11.5. The van der Waals surface area contributed by atoms with Crippen molar-refractivity contribution < 1.29 is 23.1 Å². The predicted molar refractivity (Wildman–Crippen MR) is 85.2 cm³/mol. The van der Waals surface area contributed by atoms with Crippen molar-refractivity contribution in [2.24, 2.45) is 5.92 Å². The van der Waals surface area contributed by atoms with Gasteiger partial charge in [-0.3, -0.25) is 9.59 Å². The fourth-order valence-corrected chi connectivity index (χ4v) is 3.12. The Hall–Kier alpha value is -1.98. The van der Waals surface area contributed by atoms with Crippen LogP contribution in [0.25, 0.3) is 0 Å². The maximum atomic E-state index is 13.7. The van der Waals surface area contributed by atoms with Gasteiger partial charge in [-0.15, -0.1) is 0 Å². The van der Waals surface area contributed by atoms with Crippen molar-refractivity contribution in [2.45, 2.75) is 38.5 Å². The van der Waals surface area contributed by atoms with Crippen molar-refractivity contribution in [3.63, 3.8) is 0 Å². The smallest absolute Gasteiger partial charge is 0.306 e. The Morgan fingerprint density at radius 1 is 1.25 bits per heavy atom. The summed E-state index contributed by atoms with van der Waals surface area (Å²) in [6.45, 7) is 1.25. The van der Waals surface area contributed by atoms with Crippen molar-refractivity contribution >= 4 is 11.9 Å². The second kappa shape index (κ2) is 8.76.